The highest BCUT2D eigenvalue weighted by atomic mass is 79.9. The number of hydrogen-bond acceptors (Lipinski definition) is 3. The van der Waals surface area contributed by atoms with Crippen molar-refractivity contribution in [1.29, 1.82) is 0 Å². The van der Waals surface area contributed by atoms with Crippen molar-refractivity contribution in [3.8, 4) is 0 Å². The van der Waals surface area contributed by atoms with Crippen LogP contribution in [0.5, 0.6) is 0 Å². The van der Waals surface area contributed by atoms with Gasteiger partial charge in [-0.2, -0.15) is 4.58 Å². The molecule has 5 heteroatoms. The first-order valence-electron chi connectivity index (χ1n) is 5.96. The lowest BCUT2D eigenvalue weighted by Crippen LogP contribution is -3.00. The van der Waals surface area contributed by atoms with Crippen molar-refractivity contribution in [3.63, 3.8) is 0 Å². The molecule has 3 nitrogen and oxygen atoms in total. The maximum atomic E-state index is 5.66. The van der Waals surface area contributed by atoms with Gasteiger partial charge in [0, 0.05) is 12.5 Å². The Hall–Kier alpha value is -0.100. The second-order valence-corrected chi connectivity index (χ2v) is 5.80. The van der Waals surface area contributed by atoms with E-state index >= 15 is 0 Å². The van der Waals surface area contributed by atoms with Gasteiger partial charge in [-0.25, -0.2) is 5.32 Å². The van der Waals surface area contributed by atoms with Crippen molar-refractivity contribution >= 4 is 16.8 Å². The van der Waals surface area contributed by atoms with Gasteiger partial charge in [-0.3, -0.25) is 0 Å². The summed E-state index contributed by atoms with van der Waals surface area (Å²) in [6.07, 6.45) is 8.13. The van der Waals surface area contributed by atoms with Crippen LogP contribution < -0.4 is 22.3 Å². The third kappa shape index (κ3) is 1.75. The zero-order valence-corrected chi connectivity index (χ0v) is 11.8. The number of nitrogens with zero attached hydrogens (tertiary/aromatic N) is 1. The second kappa shape index (κ2) is 4.53. The molecular weight excluding hydrogens is 300 g/mol. The van der Waals surface area contributed by atoms with E-state index in [1.165, 1.54) is 6.42 Å². The molecule has 17 heavy (non-hydrogen) atoms. The molecule has 0 aromatic heterocycles. The minimum Gasteiger partial charge on any atom is -1.00 e. The molecule has 4 aliphatic rings. The molecule has 0 saturated carbocycles. The highest BCUT2D eigenvalue weighted by Crippen LogP contribution is 2.47. The van der Waals surface area contributed by atoms with E-state index in [0.29, 0.717) is 5.92 Å². The highest BCUT2D eigenvalue weighted by Gasteiger charge is 2.49. The topological polar surface area (TPSA) is 24.3 Å². The van der Waals surface area contributed by atoms with Crippen LogP contribution in [-0.4, -0.2) is 35.7 Å². The molecule has 3 aliphatic heterocycles. The number of ether oxygens (including phenoxy) is 1. The summed E-state index contributed by atoms with van der Waals surface area (Å²) in [5.41, 5.74) is 0. The smallest absolute Gasteiger partial charge is 0.320 e. The van der Waals surface area contributed by atoms with Gasteiger partial charge in [-0.1, -0.05) is 18.2 Å². The van der Waals surface area contributed by atoms with Gasteiger partial charge in [0.1, 0.15) is 6.61 Å². The Morgan fingerprint density at radius 3 is 3.29 bits per heavy atom. The standard InChI is InChI=1S/C12H15N2OS.BrH/c1-2-4-10-8(3-1)9-7-13-12-14(5-6-15-12)11(9)16-10;/h1-2,4,8-9,12-13H,3,5-7H2;1H/q+1;/p-1. The van der Waals surface area contributed by atoms with Gasteiger partial charge >= 0.3 is 6.35 Å². The van der Waals surface area contributed by atoms with Crippen LogP contribution in [0.1, 0.15) is 6.42 Å². The Bertz CT molecular complexity index is 432. The Kier molecular flexibility index (Phi) is 3.19. The molecule has 3 unspecified atom stereocenters. The van der Waals surface area contributed by atoms with E-state index in [2.05, 4.69) is 28.1 Å². The Morgan fingerprint density at radius 1 is 1.41 bits per heavy atom. The zero-order valence-electron chi connectivity index (χ0n) is 9.43. The number of allylic oxidation sites excluding steroid dienone is 4. The number of fused-ring (bicyclic) bond motifs is 4. The predicted octanol–water partition coefficient (Wildman–Crippen LogP) is -1.86. The predicted molar refractivity (Wildman–Crippen MR) is 64.3 cm³/mol. The average molecular weight is 315 g/mol. The van der Waals surface area contributed by atoms with Crippen molar-refractivity contribution < 1.29 is 26.3 Å². The van der Waals surface area contributed by atoms with E-state index in [0.717, 1.165) is 25.6 Å². The molecule has 4 rings (SSSR count). The normalized spacial score (nSPS) is 38.1. The maximum Gasteiger partial charge on any atom is 0.320 e. The van der Waals surface area contributed by atoms with E-state index in [4.69, 9.17) is 4.74 Å². The van der Waals surface area contributed by atoms with Gasteiger partial charge in [0.2, 0.25) is 5.04 Å². The molecule has 3 heterocycles. The molecule has 0 spiro atoms. The Morgan fingerprint density at radius 2 is 2.35 bits per heavy atom. The monoisotopic (exact) mass is 314 g/mol. The van der Waals surface area contributed by atoms with Gasteiger partial charge in [-0.15, -0.1) is 0 Å². The lowest BCUT2D eigenvalue weighted by Gasteiger charge is -2.24. The molecule has 0 aromatic carbocycles. The summed E-state index contributed by atoms with van der Waals surface area (Å²) in [7, 11) is 0. The Labute approximate surface area is 116 Å². The summed E-state index contributed by atoms with van der Waals surface area (Å²) in [5, 5.41) is 5.05. The highest BCUT2D eigenvalue weighted by molar-refractivity contribution is 8.17. The third-order valence-corrected chi connectivity index (χ3v) is 5.28. The molecule has 0 amide bonds. The van der Waals surface area contributed by atoms with Crippen molar-refractivity contribution in [3.05, 3.63) is 23.1 Å². The van der Waals surface area contributed by atoms with Crippen LogP contribution in [0, 0.1) is 11.8 Å². The number of thioether (sulfide) groups is 1. The minimum atomic E-state index is 0. The molecular formula is C12H15BrN2OS. The number of hydrogen-bond donors (Lipinski definition) is 1. The second-order valence-electron chi connectivity index (χ2n) is 4.71. The number of nitrogens with one attached hydrogen (secondary N) is 1. The van der Waals surface area contributed by atoms with Gasteiger partial charge in [0.05, 0.1) is 5.92 Å². The number of halogens is 1. The van der Waals surface area contributed by atoms with Crippen LogP contribution in [0.3, 0.4) is 0 Å². The van der Waals surface area contributed by atoms with Crippen LogP contribution in [0.15, 0.2) is 23.1 Å². The molecule has 0 bridgehead atoms. The number of rotatable bonds is 0. The largest absolute Gasteiger partial charge is 1.00 e. The van der Waals surface area contributed by atoms with Crippen LogP contribution >= 0.6 is 11.8 Å². The molecule has 2 saturated heterocycles. The quantitative estimate of drug-likeness (QED) is 0.531. The maximum absolute atomic E-state index is 5.66. The zero-order chi connectivity index (χ0) is 10.5. The van der Waals surface area contributed by atoms with Crippen LogP contribution in [-0.2, 0) is 4.74 Å². The van der Waals surface area contributed by atoms with E-state index in [1.54, 1.807) is 9.95 Å². The minimum absolute atomic E-state index is 0. The SMILES string of the molecule is C1=CCC2C(=C1)SC1=[N+]3CCOC3NCC12.[Br-]. The van der Waals surface area contributed by atoms with Gasteiger partial charge in [0.15, 0.2) is 6.54 Å². The fourth-order valence-corrected chi connectivity index (χ4v) is 4.57. The fourth-order valence-electron chi connectivity index (χ4n) is 3.06. The summed E-state index contributed by atoms with van der Waals surface area (Å²) in [5.74, 6) is 1.40. The molecule has 1 N–H and O–H groups in total. The molecule has 3 atom stereocenters. The van der Waals surface area contributed by atoms with Crippen LogP contribution in [0.25, 0.3) is 0 Å². The van der Waals surface area contributed by atoms with Gasteiger partial charge < -0.3 is 21.7 Å². The first kappa shape index (κ1) is 12.0. The summed E-state index contributed by atoms with van der Waals surface area (Å²) < 4.78 is 8.08. The van der Waals surface area contributed by atoms with E-state index < -0.39 is 0 Å². The summed E-state index contributed by atoms with van der Waals surface area (Å²) in [6.45, 7) is 2.97. The van der Waals surface area contributed by atoms with Crippen molar-refractivity contribution in [2.24, 2.45) is 11.8 Å². The summed E-state index contributed by atoms with van der Waals surface area (Å²) in [6, 6.07) is 0. The van der Waals surface area contributed by atoms with Crippen LogP contribution in [0.2, 0.25) is 0 Å². The van der Waals surface area contributed by atoms with Crippen molar-refractivity contribution in [1.82, 2.24) is 5.32 Å². The van der Waals surface area contributed by atoms with E-state index in [1.807, 2.05) is 11.8 Å². The average Bonchev–Trinajstić information content (AvgIpc) is 2.92. The third-order valence-electron chi connectivity index (χ3n) is 3.86. The molecule has 1 aliphatic carbocycles. The van der Waals surface area contributed by atoms with Gasteiger partial charge in [-0.05, 0) is 23.1 Å². The summed E-state index contributed by atoms with van der Waals surface area (Å²) in [4.78, 5) is 1.55. The first-order chi connectivity index (χ1) is 7.93. The fraction of sp³-hybridized carbons (Fsp3) is 0.583. The first-order valence-corrected chi connectivity index (χ1v) is 6.78. The summed E-state index contributed by atoms with van der Waals surface area (Å²) >= 11 is 1.99. The van der Waals surface area contributed by atoms with Crippen LogP contribution in [0.4, 0.5) is 0 Å². The molecule has 0 aromatic rings. The van der Waals surface area contributed by atoms with Gasteiger partial charge in [0.25, 0.3) is 0 Å². The van der Waals surface area contributed by atoms with E-state index in [9.17, 15) is 0 Å². The lowest BCUT2D eigenvalue weighted by atomic mass is 9.87. The Balaban J connectivity index is 0.000000902. The molecule has 0 radical (unpaired) electrons. The van der Waals surface area contributed by atoms with E-state index in [-0.39, 0.29) is 23.3 Å². The molecule has 92 valence electrons. The lowest BCUT2D eigenvalue weighted by molar-refractivity contribution is -0.580. The molecule has 2 fully saturated rings. The van der Waals surface area contributed by atoms with Crippen molar-refractivity contribution in [2.75, 3.05) is 19.7 Å². The van der Waals surface area contributed by atoms with Crippen molar-refractivity contribution in [2.45, 2.75) is 12.8 Å².